The number of halogens is 1. The van der Waals surface area contributed by atoms with E-state index in [1.54, 1.807) is 0 Å². The fourth-order valence-electron chi connectivity index (χ4n) is 3.23. The maximum Gasteiger partial charge on any atom is 0.00387 e. The van der Waals surface area contributed by atoms with Crippen LogP contribution in [0.5, 0.6) is 0 Å². The number of benzene rings is 2. The van der Waals surface area contributed by atoms with Crippen LogP contribution in [0.25, 0.3) is 5.57 Å². The molecule has 3 rings (SSSR count). The first kappa shape index (κ1) is 16.8. The van der Waals surface area contributed by atoms with Crippen molar-refractivity contribution in [3.8, 4) is 0 Å². The number of aryl methyl sites for hydroxylation is 1. The van der Waals surface area contributed by atoms with Gasteiger partial charge in [-0.3, -0.25) is 0 Å². The third-order valence-electron chi connectivity index (χ3n) is 4.18. The van der Waals surface area contributed by atoms with Crippen LogP contribution < -0.4 is 0 Å². The standard InChI is InChI=1S/C20H23N.ClH/c1-21(2)15-16-12-13-18-10-6-7-11-19(18)20(14-16)17-8-4-3-5-9-17;/h3-11,14,16H,12-13,15H2,1-2H3;1H. The molecule has 0 saturated carbocycles. The van der Waals surface area contributed by atoms with Crippen molar-refractivity contribution in [2.45, 2.75) is 12.8 Å². The SMILES string of the molecule is CN(C)CC1C=C(c2ccccc2)c2ccccc2CC1.Cl. The van der Waals surface area contributed by atoms with Crippen LogP contribution in [0, 0.1) is 5.92 Å². The van der Waals surface area contributed by atoms with Crippen molar-refractivity contribution in [3.63, 3.8) is 0 Å². The molecule has 0 aliphatic heterocycles. The van der Waals surface area contributed by atoms with Crippen LogP contribution in [0.4, 0.5) is 0 Å². The van der Waals surface area contributed by atoms with E-state index in [4.69, 9.17) is 0 Å². The van der Waals surface area contributed by atoms with E-state index in [0.717, 1.165) is 6.54 Å². The van der Waals surface area contributed by atoms with Crippen LogP contribution in [0.1, 0.15) is 23.1 Å². The molecule has 0 bridgehead atoms. The van der Waals surface area contributed by atoms with Crippen LogP contribution in [-0.4, -0.2) is 25.5 Å². The Morgan fingerprint density at radius 3 is 2.36 bits per heavy atom. The largest absolute Gasteiger partial charge is 0.309 e. The van der Waals surface area contributed by atoms with Gasteiger partial charge in [-0.05, 0) is 55.1 Å². The lowest BCUT2D eigenvalue weighted by atomic mass is 9.93. The fourth-order valence-corrected chi connectivity index (χ4v) is 3.23. The van der Waals surface area contributed by atoms with Crippen LogP contribution in [0.3, 0.4) is 0 Å². The second kappa shape index (κ2) is 7.62. The third-order valence-corrected chi connectivity index (χ3v) is 4.18. The van der Waals surface area contributed by atoms with E-state index in [1.165, 1.54) is 35.1 Å². The number of rotatable bonds is 3. The molecule has 0 saturated heterocycles. The molecule has 116 valence electrons. The first-order valence-electron chi connectivity index (χ1n) is 7.74. The highest BCUT2D eigenvalue weighted by Gasteiger charge is 2.18. The van der Waals surface area contributed by atoms with Crippen molar-refractivity contribution in [3.05, 3.63) is 77.4 Å². The Labute approximate surface area is 140 Å². The molecule has 1 atom stereocenters. The van der Waals surface area contributed by atoms with Gasteiger partial charge in [-0.15, -0.1) is 12.4 Å². The maximum atomic E-state index is 2.49. The van der Waals surface area contributed by atoms with Crippen LogP contribution in [-0.2, 0) is 6.42 Å². The van der Waals surface area contributed by atoms with E-state index >= 15 is 0 Å². The summed E-state index contributed by atoms with van der Waals surface area (Å²) in [5.74, 6) is 0.614. The summed E-state index contributed by atoms with van der Waals surface area (Å²) in [6, 6.07) is 19.7. The topological polar surface area (TPSA) is 3.24 Å². The number of hydrogen-bond donors (Lipinski definition) is 0. The van der Waals surface area contributed by atoms with Crippen LogP contribution in [0.2, 0.25) is 0 Å². The first-order chi connectivity index (χ1) is 10.2. The van der Waals surface area contributed by atoms with Crippen molar-refractivity contribution in [1.29, 1.82) is 0 Å². The molecule has 0 amide bonds. The summed E-state index contributed by atoms with van der Waals surface area (Å²) in [5, 5.41) is 0. The Bertz CT molecular complexity index is 631. The predicted octanol–water partition coefficient (Wildman–Crippen LogP) is 4.66. The molecule has 0 heterocycles. The molecule has 0 radical (unpaired) electrons. The Balaban J connectivity index is 0.00000176. The summed E-state index contributed by atoms with van der Waals surface area (Å²) in [6.45, 7) is 1.12. The Kier molecular flexibility index (Phi) is 5.82. The zero-order valence-electron chi connectivity index (χ0n) is 13.3. The van der Waals surface area contributed by atoms with Crippen molar-refractivity contribution < 1.29 is 0 Å². The maximum absolute atomic E-state index is 2.49. The van der Waals surface area contributed by atoms with Gasteiger partial charge in [0, 0.05) is 6.54 Å². The fraction of sp³-hybridized carbons (Fsp3) is 0.300. The number of hydrogen-bond acceptors (Lipinski definition) is 1. The summed E-state index contributed by atoms with van der Waals surface area (Å²) < 4.78 is 0. The van der Waals surface area contributed by atoms with Gasteiger partial charge in [0.15, 0.2) is 0 Å². The van der Waals surface area contributed by atoms with E-state index in [-0.39, 0.29) is 12.4 Å². The molecule has 0 fully saturated rings. The van der Waals surface area contributed by atoms with Crippen molar-refractivity contribution in [2.24, 2.45) is 5.92 Å². The summed E-state index contributed by atoms with van der Waals surface area (Å²) in [6.07, 6.45) is 4.88. The van der Waals surface area contributed by atoms with Gasteiger partial charge in [-0.25, -0.2) is 0 Å². The Hall–Kier alpha value is -1.57. The molecule has 2 heteroatoms. The highest BCUT2D eigenvalue weighted by atomic mass is 35.5. The molecule has 1 nitrogen and oxygen atoms in total. The second-order valence-electron chi connectivity index (χ2n) is 6.16. The lowest BCUT2D eigenvalue weighted by Gasteiger charge is -2.17. The molecule has 2 aromatic rings. The van der Waals surface area contributed by atoms with Gasteiger partial charge in [0.05, 0.1) is 0 Å². The molecule has 0 N–H and O–H groups in total. The predicted molar refractivity (Wildman–Crippen MR) is 97.6 cm³/mol. The first-order valence-corrected chi connectivity index (χ1v) is 7.74. The summed E-state index contributed by atoms with van der Waals surface area (Å²) in [5.41, 5.74) is 5.62. The van der Waals surface area contributed by atoms with Gasteiger partial charge >= 0.3 is 0 Å². The van der Waals surface area contributed by atoms with Gasteiger partial charge < -0.3 is 4.90 Å². The van der Waals surface area contributed by atoms with Gasteiger partial charge in [-0.2, -0.15) is 0 Å². The molecular weight excluding hydrogens is 290 g/mol. The molecule has 0 spiro atoms. The van der Waals surface area contributed by atoms with Gasteiger partial charge in [0.2, 0.25) is 0 Å². The zero-order valence-corrected chi connectivity index (χ0v) is 14.1. The molecule has 1 unspecified atom stereocenters. The van der Waals surface area contributed by atoms with E-state index in [1.807, 2.05) is 0 Å². The minimum Gasteiger partial charge on any atom is -0.309 e. The number of nitrogens with zero attached hydrogens (tertiary/aromatic N) is 1. The molecule has 22 heavy (non-hydrogen) atoms. The monoisotopic (exact) mass is 313 g/mol. The minimum absolute atomic E-state index is 0. The molecule has 0 aromatic heterocycles. The zero-order chi connectivity index (χ0) is 14.7. The quantitative estimate of drug-likeness (QED) is 0.796. The third kappa shape index (κ3) is 3.79. The van der Waals surface area contributed by atoms with Crippen molar-refractivity contribution in [1.82, 2.24) is 4.90 Å². The molecule has 2 aromatic carbocycles. The van der Waals surface area contributed by atoms with E-state index in [2.05, 4.69) is 79.7 Å². The Morgan fingerprint density at radius 1 is 0.955 bits per heavy atom. The van der Waals surface area contributed by atoms with E-state index in [0.29, 0.717) is 5.92 Å². The molecule has 1 aliphatic rings. The molecular formula is C20H24ClN. The smallest absolute Gasteiger partial charge is 0.00387 e. The highest BCUT2D eigenvalue weighted by Crippen LogP contribution is 2.32. The Morgan fingerprint density at radius 2 is 1.64 bits per heavy atom. The molecule has 1 aliphatic carbocycles. The summed E-state index contributed by atoms with van der Waals surface area (Å²) >= 11 is 0. The summed E-state index contributed by atoms with van der Waals surface area (Å²) in [4.78, 5) is 2.29. The average molecular weight is 314 g/mol. The summed E-state index contributed by atoms with van der Waals surface area (Å²) in [7, 11) is 4.32. The number of fused-ring (bicyclic) bond motifs is 1. The van der Waals surface area contributed by atoms with Crippen molar-refractivity contribution in [2.75, 3.05) is 20.6 Å². The van der Waals surface area contributed by atoms with E-state index in [9.17, 15) is 0 Å². The lowest BCUT2D eigenvalue weighted by Crippen LogP contribution is -2.20. The van der Waals surface area contributed by atoms with Gasteiger partial charge in [-0.1, -0.05) is 60.7 Å². The van der Waals surface area contributed by atoms with Crippen molar-refractivity contribution >= 4 is 18.0 Å². The average Bonchev–Trinajstić information content (AvgIpc) is 2.68. The lowest BCUT2D eigenvalue weighted by molar-refractivity contribution is 0.349. The van der Waals surface area contributed by atoms with E-state index < -0.39 is 0 Å². The highest BCUT2D eigenvalue weighted by molar-refractivity contribution is 5.85. The minimum atomic E-state index is 0. The van der Waals surface area contributed by atoms with Crippen LogP contribution >= 0.6 is 12.4 Å². The van der Waals surface area contributed by atoms with Gasteiger partial charge in [0.25, 0.3) is 0 Å². The van der Waals surface area contributed by atoms with Crippen LogP contribution in [0.15, 0.2) is 60.7 Å². The normalized spacial score (nSPS) is 17.2. The second-order valence-corrected chi connectivity index (χ2v) is 6.16. The van der Waals surface area contributed by atoms with Gasteiger partial charge in [0.1, 0.15) is 0 Å².